The number of hydrogen-bond acceptors (Lipinski definition) is 3. The normalized spacial score (nSPS) is 13.6. The van der Waals surface area contributed by atoms with E-state index in [1.165, 1.54) is 0 Å². The molecule has 1 rings (SSSR count). The number of sulfonamides is 1. The lowest BCUT2D eigenvalue weighted by Gasteiger charge is -2.13. The van der Waals surface area contributed by atoms with Gasteiger partial charge in [-0.15, -0.1) is 0 Å². The molecule has 0 fully saturated rings. The summed E-state index contributed by atoms with van der Waals surface area (Å²) in [4.78, 5) is 0.341. The lowest BCUT2D eigenvalue weighted by Crippen LogP contribution is -2.29. The molecule has 0 amide bonds. The fourth-order valence-corrected chi connectivity index (χ4v) is 4.17. The predicted molar refractivity (Wildman–Crippen MR) is 81.6 cm³/mol. The van der Waals surface area contributed by atoms with E-state index in [-0.39, 0.29) is 0 Å². The zero-order valence-electron chi connectivity index (χ0n) is 10.7. The topological polar surface area (TPSA) is 46.2 Å². The van der Waals surface area contributed by atoms with Crippen molar-refractivity contribution in [3.8, 4) is 0 Å². The Morgan fingerprint density at radius 3 is 2.72 bits per heavy atom. The number of nitrogens with one attached hydrogen (secondary N) is 1. The van der Waals surface area contributed by atoms with Crippen LogP contribution in [-0.4, -0.2) is 27.0 Å². The Bertz CT molecular complexity index is 503. The first-order valence-electron chi connectivity index (χ1n) is 5.61. The molecule has 1 unspecified atom stereocenters. The molecular formula is C12H18BrNO2S2. The van der Waals surface area contributed by atoms with Crippen LogP contribution in [0.25, 0.3) is 0 Å². The van der Waals surface area contributed by atoms with Gasteiger partial charge in [-0.05, 0) is 42.5 Å². The summed E-state index contributed by atoms with van der Waals surface area (Å²) in [5, 5.41) is 0. The summed E-state index contributed by atoms with van der Waals surface area (Å²) in [6, 6.07) is 5.27. The molecule has 6 heteroatoms. The Labute approximate surface area is 122 Å². The molecule has 0 heterocycles. The second kappa shape index (κ2) is 6.93. The van der Waals surface area contributed by atoms with Gasteiger partial charge in [0, 0.05) is 11.0 Å². The number of aryl methyl sites for hydroxylation is 1. The van der Waals surface area contributed by atoms with Crippen molar-refractivity contribution < 1.29 is 8.42 Å². The molecule has 0 saturated carbocycles. The molecule has 102 valence electrons. The Kier molecular flexibility index (Phi) is 6.17. The molecule has 1 N–H and O–H groups in total. The van der Waals surface area contributed by atoms with Gasteiger partial charge in [-0.1, -0.05) is 28.9 Å². The molecule has 1 aromatic rings. The molecule has 0 saturated heterocycles. The van der Waals surface area contributed by atoms with Crippen LogP contribution in [-0.2, 0) is 10.0 Å². The highest BCUT2D eigenvalue weighted by molar-refractivity contribution is 9.10. The lowest BCUT2D eigenvalue weighted by molar-refractivity contribution is 0.562. The summed E-state index contributed by atoms with van der Waals surface area (Å²) in [7, 11) is -3.42. The minimum atomic E-state index is -3.42. The summed E-state index contributed by atoms with van der Waals surface area (Å²) in [6.45, 7) is 4.30. The van der Waals surface area contributed by atoms with Crippen LogP contribution in [0.4, 0.5) is 0 Å². The van der Waals surface area contributed by atoms with Gasteiger partial charge in [0.25, 0.3) is 0 Å². The zero-order chi connectivity index (χ0) is 13.8. The molecule has 1 aromatic carbocycles. The highest BCUT2D eigenvalue weighted by Gasteiger charge is 2.17. The largest absolute Gasteiger partial charge is 0.240 e. The van der Waals surface area contributed by atoms with E-state index in [9.17, 15) is 8.42 Å². The second-order valence-corrected chi connectivity index (χ2v) is 7.88. The van der Waals surface area contributed by atoms with Crippen LogP contribution in [0.15, 0.2) is 27.6 Å². The van der Waals surface area contributed by atoms with E-state index in [0.29, 0.717) is 17.4 Å². The molecule has 1 atom stereocenters. The van der Waals surface area contributed by atoms with Crippen molar-refractivity contribution in [2.24, 2.45) is 5.92 Å². The van der Waals surface area contributed by atoms with Crippen LogP contribution in [0, 0.1) is 12.8 Å². The molecule has 0 bridgehead atoms. The zero-order valence-corrected chi connectivity index (χ0v) is 14.0. The van der Waals surface area contributed by atoms with Crippen molar-refractivity contribution in [3.05, 3.63) is 28.2 Å². The number of rotatable bonds is 6. The molecular weight excluding hydrogens is 334 g/mol. The summed E-state index contributed by atoms with van der Waals surface area (Å²) >= 11 is 5.02. The standard InChI is InChI=1S/C12H18BrNO2S2/c1-9(8-17-3)7-14-18(15,16)12-6-11(13)5-4-10(12)2/h4-6,9,14H,7-8H2,1-3H3. The average molecular weight is 352 g/mol. The first kappa shape index (κ1) is 16.0. The van der Waals surface area contributed by atoms with E-state index in [2.05, 4.69) is 20.7 Å². The molecule has 0 aromatic heterocycles. The average Bonchev–Trinajstić information content (AvgIpc) is 2.30. The fraction of sp³-hybridized carbons (Fsp3) is 0.500. The van der Waals surface area contributed by atoms with Crippen LogP contribution in [0.5, 0.6) is 0 Å². The third-order valence-corrected chi connectivity index (χ3v) is 5.47. The minimum absolute atomic E-state index is 0.322. The predicted octanol–water partition coefficient (Wildman–Crippen LogP) is 3.03. The smallest absolute Gasteiger partial charge is 0.211 e. The van der Waals surface area contributed by atoms with Gasteiger partial charge in [-0.25, -0.2) is 13.1 Å². The lowest BCUT2D eigenvalue weighted by atomic mass is 10.2. The maximum Gasteiger partial charge on any atom is 0.240 e. The number of thioether (sulfide) groups is 1. The third kappa shape index (κ3) is 4.57. The first-order chi connectivity index (χ1) is 8.36. The molecule has 3 nitrogen and oxygen atoms in total. The fourth-order valence-electron chi connectivity index (χ4n) is 1.54. The van der Waals surface area contributed by atoms with Crippen molar-refractivity contribution in [2.75, 3.05) is 18.6 Å². The van der Waals surface area contributed by atoms with Crippen molar-refractivity contribution in [3.63, 3.8) is 0 Å². The van der Waals surface area contributed by atoms with Crippen LogP contribution < -0.4 is 4.72 Å². The van der Waals surface area contributed by atoms with Gasteiger partial charge < -0.3 is 0 Å². The SMILES string of the molecule is CSCC(C)CNS(=O)(=O)c1cc(Br)ccc1C. The minimum Gasteiger partial charge on any atom is -0.211 e. The van der Waals surface area contributed by atoms with Gasteiger partial charge in [-0.2, -0.15) is 11.8 Å². The van der Waals surface area contributed by atoms with Gasteiger partial charge in [0.05, 0.1) is 4.90 Å². The van der Waals surface area contributed by atoms with Crippen molar-refractivity contribution in [1.82, 2.24) is 4.72 Å². The Morgan fingerprint density at radius 1 is 1.44 bits per heavy atom. The van der Waals surface area contributed by atoms with Gasteiger partial charge >= 0.3 is 0 Å². The molecule has 0 radical (unpaired) electrons. The van der Waals surface area contributed by atoms with Crippen LogP contribution in [0.3, 0.4) is 0 Å². The van der Waals surface area contributed by atoms with E-state index in [4.69, 9.17) is 0 Å². The van der Waals surface area contributed by atoms with Gasteiger partial charge in [0.2, 0.25) is 10.0 Å². The summed E-state index contributed by atoms with van der Waals surface area (Å²) in [6.07, 6.45) is 2.02. The monoisotopic (exact) mass is 351 g/mol. The van der Waals surface area contributed by atoms with Crippen molar-refractivity contribution >= 4 is 37.7 Å². The van der Waals surface area contributed by atoms with Crippen molar-refractivity contribution in [2.45, 2.75) is 18.7 Å². The maximum absolute atomic E-state index is 12.2. The molecule has 18 heavy (non-hydrogen) atoms. The Morgan fingerprint density at radius 2 is 2.11 bits per heavy atom. The van der Waals surface area contributed by atoms with E-state index in [1.54, 1.807) is 30.8 Å². The Balaban J connectivity index is 2.83. The Hall–Kier alpha value is -0.0400. The van der Waals surface area contributed by atoms with E-state index in [1.807, 2.05) is 19.2 Å². The number of hydrogen-bond donors (Lipinski definition) is 1. The van der Waals surface area contributed by atoms with Gasteiger partial charge in [-0.3, -0.25) is 0 Å². The molecule has 0 aliphatic rings. The summed E-state index contributed by atoms with van der Waals surface area (Å²) in [5.41, 5.74) is 0.753. The van der Waals surface area contributed by atoms with Crippen molar-refractivity contribution in [1.29, 1.82) is 0 Å². The van der Waals surface area contributed by atoms with Crippen LogP contribution >= 0.6 is 27.7 Å². The van der Waals surface area contributed by atoms with Crippen LogP contribution in [0.1, 0.15) is 12.5 Å². The maximum atomic E-state index is 12.2. The summed E-state index contributed by atoms with van der Waals surface area (Å²) < 4.78 is 27.8. The summed E-state index contributed by atoms with van der Waals surface area (Å²) in [5.74, 6) is 1.27. The number of benzene rings is 1. The number of halogens is 1. The van der Waals surface area contributed by atoms with E-state index in [0.717, 1.165) is 15.8 Å². The second-order valence-electron chi connectivity index (χ2n) is 4.32. The van der Waals surface area contributed by atoms with Gasteiger partial charge in [0.15, 0.2) is 0 Å². The van der Waals surface area contributed by atoms with E-state index >= 15 is 0 Å². The quantitative estimate of drug-likeness (QED) is 0.856. The van der Waals surface area contributed by atoms with Gasteiger partial charge in [0.1, 0.15) is 0 Å². The molecule has 0 spiro atoms. The third-order valence-electron chi connectivity index (χ3n) is 2.51. The van der Waals surface area contributed by atoms with Crippen LogP contribution in [0.2, 0.25) is 0 Å². The molecule has 0 aliphatic carbocycles. The highest BCUT2D eigenvalue weighted by Crippen LogP contribution is 2.20. The molecule has 0 aliphatic heterocycles. The highest BCUT2D eigenvalue weighted by atomic mass is 79.9. The van der Waals surface area contributed by atoms with E-state index < -0.39 is 10.0 Å². The first-order valence-corrected chi connectivity index (χ1v) is 9.28.